The maximum absolute atomic E-state index is 12.4. The summed E-state index contributed by atoms with van der Waals surface area (Å²) in [6.07, 6.45) is 0.0430. The zero-order valence-corrected chi connectivity index (χ0v) is 11.7. The summed E-state index contributed by atoms with van der Waals surface area (Å²) < 4.78 is 1.09. The summed E-state index contributed by atoms with van der Waals surface area (Å²) in [7, 11) is 0. The molecule has 0 spiro atoms. The Morgan fingerprint density at radius 3 is 2.76 bits per heavy atom. The molecular formula is C15H12ClN3O2. The van der Waals surface area contributed by atoms with E-state index in [0.717, 1.165) is 4.57 Å². The zero-order valence-electron chi connectivity index (χ0n) is 11.0. The highest BCUT2D eigenvalue weighted by Crippen LogP contribution is 2.18. The maximum Gasteiger partial charge on any atom is 0.333 e. The van der Waals surface area contributed by atoms with Gasteiger partial charge in [-0.2, -0.15) is 0 Å². The van der Waals surface area contributed by atoms with Crippen molar-refractivity contribution >= 4 is 34.2 Å². The Hall–Kier alpha value is -2.53. The minimum atomic E-state index is -0.479. The van der Waals surface area contributed by atoms with Crippen molar-refractivity contribution in [3.05, 3.63) is 63.5 Å². The van der Waals surface area contributed by atoms with Gasteiger partial charge in [-0.25, -0.2) is 9.36 Å². The van der Waals surface area contributed by atoms with Gasteiger partial charge in [0.05, 0.1) is 17.5 Å². The van der Waals surface area contributed by atoms with Crippen molar-refractivity contribution in [2.75, 3.05) is 5.73 Å². The third-order valence-corrected chi connectivity index (χ3v) is 3.63. The van der Waals surface area contributed by atoms with Crippen molar-refractivity contribution in [1.29, 1.82) is 0 Å². The van der Waals surface area contributed by atoms with Gasteiger partial charge in [0.25, 0.3) is 0 Å². The number of hydrogen-bond donors (Lipinski definition) is 2. The number of hydrogen-bond acceptors (Lipinski definition) is 3. The van der Waals surface area contributed by atoms with E-state index in [1.165, 1.54) is 0 Å². The Bertz CT molecular complexity index is 895. The molecule has 3 aromatic rings. The van der Waals surface area contributed by atoms with Gasteiger partial charge in [-0.1, -0.05) is 29.8 Å². The number of halogens is 1. The lowest BCUT2D eigenvalue weighted by atomic mass is 10.1. The molecule has 0 fully saturated rings. The number of imidazole rings is 1. The van der Waals surface area contributed by atoms with Crippen LogP contribution in [0.5, 0.6) is 0 Å². The molecule has 0 aliphatic heterocycles. The summed E-state index contributed by atoms with van der Waals surface area (Å²) >= 11 is 6.05. The van der Waals surface area contributed by atoms with Crippen molar-refractivity contribution in [2.24, 2.45) is 0 Å². The van der Waals surface area contributed by atoms with Crippen molar-refractivity contribution in [2.45, 2.75) is 6.42 Å². The number of nitrogen functional groups attached to an aromatic ring is 1. The molecule has 0 amide bonds. The molecule has 2 aromatic carbocycles. The number of H-pyrrole nitrogens is 1. The molecule has 5 nitrogen and oxygen atoms in total. The molecule has 0 aliphatic carbocycles. The van der Waals surface area contributed by atoms with Gasteiger partial charge in [0.1, 0.15) is 0 Å². The first-order valence-electron chi connectivity index (χ1n) is 6.33. The second kappa shape index (κ2) is 5.10. The van der Waals surface area contributed by atoms with E-state index >= 15 is 0 Å². The first-order valence-corrected chi connectivity index (χ1v) is 6.71. The number of nitrogens with zero attached hydrogens (tertiary/aromatic N) is 1. The Morgan fingerprint density at radius 1 is 1.24 bits per heavy atom. The minimum Gasteiger partial charge on any atom is -0.399 e. The molecule has 0 unspecified atom stereocenters. The number of carbonyl (C=O) groups is 1. The molecule has 0 saturated heterocycles. The molecule has 106 valence electrons. The number of aromatic amines is 1. The first-order chi connectivity index (χ1) is 10.1. The van der Waals surface area contributed by atoms with Crippen LogP contribution in [0.2, 0.25) is 5.02 Å². The number of carbonyl (C=O) groups excluding carboxylic acids is 1. The topological polar surface area (TPSA) is 80.9 Å². The highest BCUT2D eigenvalue weighted by molar-refractivity contribution is 6.31. The van der Waals surface area contributed by atoms with Gasteiger partial charge in [0, 0.05) is 10.7 Å². The molecule has 0 radical (unpaired) electrons. The van der Waals surface area contributed by atoms with Crippen LogP contribution in [-0.2, 0) is 6.42 Å². The predicted octanol–water partition coefficient (Wildman–Crippen LogP) is 2.45. The highest BCUT2D eigenvalue weighted by Gasteiger charge is 2.15. The second-order valence-electron chi connectivity index (χ2n) is 4.70. The van der Waals surface area contributed by atoms with Crippen LogP contribution in [0.15, 0.2) is 47.3 Å². The third kappa shape index (κ3) is 2.43. The van der Waals surface area contributed by atoms with E-state index in [2.05, 4.69) is 4.98 Å². The van der Waals surface area contributed by atoms with Crippen LogP contribution < -0.4 is 11.4 Å². The normalized spacial score (nSPS) is 10.9. The maximum atomic E-state index is 12.4. The number of rotatable bonds is 2. The largest absolute Gasteiger partial charge is 0.399 e. The second-order valence-corrected chi connectivity index (χ2v) is 5.11. The Kier molecular flexibility index (Phi) is 3.27. The Labute approximate surface area is 125 Å². The van der Waals surface area contributed by atoms with E-state index in [1.54, 1.807) is 42.5 Å². The average molecular weight is 302 g/mol. The lowest BCUT2D eigenvalue weighted by Gasteiger charge is -2.05. The fourth-order valence-electron chi connectivity index (χ4n) is 2.25. The van der Waals surface area contributed by atoms with Gasteiger partial charge >= 0.3 is 5.69 Å². The van der Waals surface area contributed by atoms with Crippen LogP contribution >= 0.6 is 11.6 Å². The van der Waals surface area contributed by atoms with E-state index < -0.39 is 5.69 Å². The molecule has 1 aromatic heterocycles. The molecule has 21 heavy (non-hydrogen) atoms. The van der Waals surface area contributed by atoms with Crippen LogP contribution in [0, 0.1) is 0 Å². The predicted molar refractivity (Wildman–Crippen MR) is 82.8 cm³/mol. The van der Waals surface area contributed by atoms with Gasteiger partial charge in [0.2, 0.25) is 5.91 Å². The summed E-state index contributed by atoms with van der Waals surface area (Å²) in [5.41, 5.74) is 7.44. The van der Waals surface area contributed by atoms with Crippen LogP contribution in [0.1, 0.15) is 10.4 Å². The van der Waals surface area contributed by atoms with Crippen LogP contribution in [0.4, 0.5) is 5.69 Å². The van der Waals surface area contributed by atoms with Gasteiger partial charge in [-0.15, -0.1) is 0 Å². The standard InChI is InChI=1S/C15H12ClN3O2/c16-11-4-2-1-3-9(11)7-14(20)19-13-8-10(17)5-6-12(13)18-15(19)21/h1-6,8H,7,17H2,(H,18,21). The van der Waals surface area contributed by atoms with Gasteiger partial charge in [0.15, 0.2) is 0 Å². The van der Waals surface area contributed by atoms with Gasteiger partial charge in [-0.05, 0) is 29.8 Å². The molecule has 0 aliphatic rings. The summed E-state index contributed by atoms with van der Waals surface area (Å²) in [6, 6.07) is 12.0. The minimum absolute atomic E-state index is 0.0430. The van der Waals surface area contributed by atoms with E-state index in [-0.39, 0.29) is 12.3 Å². The molecule has 3 rings (SSSR count). The van der Waals surface area contributed by atoms with E-state index in [4.69, 9.17) is 17.3 Å². The number of fused-ring (bicyclic) bond motifs is 1. The van der Waals surface area contributed by atoms with Crippen LogP contribution in [0.25, 0.3) is 11.0 Å². The van der Waals surface area contributed by atoms with Crippen molar-refractivity contribution < 1.29 is 4.79 Å². The van der Waals surface area contributed by atoms with Crippen LogP contribution in [0.3, 0.4) is 0 Å². The summed E-state index contributed by atoms with van der Waals surface area (Å²) in [5.74, 6) is -0.357. The van der Waals surface area contributed by atoms with Crippen molar-refractivity contribution in [1.82, 2.24) is 9.55 Å². The fourth-order valence-corrected chi connectivity index (χ4v) is 2.45. The monoisotopic (exact) mass is 301 g/mol. The number of nitrogens with two attached hydrogens (primary N) is 1. The summed E-state index contributed by atoms with van der Waals surface area (Å²) in [5, 5.41) is 0.498. The first kappa shape index (κ1) is 13.5. The molecular weight excluding hydrogens is 290 g/mol. The van der Waals surface area contributed by atoms with Gasteiger partial charge < -0.3 is 10.7 Å². The lowest BCUT2D eigenvalue weighted by molar-refractivity contribution is 0.0915. The molecule has 6 heteroatoms. The summed E-state index contributed by atoms with van der Waals surface area (Å²) in [6.45, 7) is 0. The fraction of sp³-hybridized carbons (Fsp3) is 0.0667. The molecule has 0 bridgehead atoms. The lowest BCUT2D eigenvalue weighted by Crippen LogP contribution is -2.25. The van der Waals surface area contributed by atoms with Crippen LogP contribution in [-0.4, -0.2) is 15.5 Å². The number of aromatic nitrogens is 2. The number of nitrogens with one attached hydrogen (secondary N) is 1. The van der Waals surface area contributed by atoms with Crippen molar-refractivity contribution in [3.8, 4) is 0 Å². The van der Waals surface area contributed by atoms with E-state index in [0.29, 0.717) is 27.3 Å². The average Bonchev–Trinajstić information content (AvgIpc) is 2.76. The summed E-state index contributed by atoms with van der Waals surface area (Å²) in [4.78, 5) is 27.0. The zero-order chi connectivity index (χ0) is 15.0. The number of anilines is 1. The highest BCUT2D eigenvalue weighted by atomic mass is 35.5. The van der Waals surface area contributed by atoms with Gasteiger partial charge in [-0.3, -0.25) is 4.79 Å². The molecule has 1 heterocycles. The quantitative estimate of drug-likeness (QED) is 0.713. The molecule has 3 N–H and O–H groups in total. The Balaban J connectivity index is 2.06. The molecule has 0 saturated carbocycles. The Morgan fingerprint density at radius 2 is 2.00 bits per heavy atom. The molecule has 0 atom stereocenters. The van der Waals surface area contributed by atoms with E-state index in [1.807, 2.05) is 0 Å². The van der Waals surface area contributed by atoms with E-state index in [9.17, 15) is 9.59 Å². The van der Waals surface area contributed by atoms with Crippen molar-refractivity contribution in [3.63, 3.8) is 0 Å². The SMILES string of the molecule is Nc1ccc2[nH]c(=O)n(C(=O)Cc3ccccc3Cl)c2c1. The smallest absolute Gasteiger partial charge is 0.333 e. The number of benzene rings is 2. The third-order valence-electron chi connectivity index (χ3n) is 3.26.